The third-order valence-corrected chi connectivity index (χ3v) is 6.20. The number of benzene rings is 1. The first-order valence-corrected chi connectivity index (χ1v) is 10.2. The van der Waals surface area contributed by atoms with Crippen LogP contribution in [0.2, 0.25) is 0 Å². The van der Waals surface area contributed by atoms with Gasteiger partial charge in [-0.15, -0.1) is 0 Å². The number of aryl methyl sites for hydroxylation is 1. The molecule has 7 heteroatoms. The van der Waals surface area contributed by atoms with Gasteiger partial charge < -0.3 is 14.2 Å². The number of ether oxygens (including phenoxy) is 3. The Morgan fingerprint density at radius 1 is 1.33 bits per heavy atom. The number of aromatic nitrogens is 1. The smallest absolute Gasteiger partial charge is 0.225 e. The molecule has 1 aromatic carbocycles. The Bertz CT molecular complexity index is 932. The Morgan fingerprint density at radius 2 is 2.22 bits per heavy atom. The van der Waals surface area contributed by atoms with Gasteiger partial charge in [-0.25, -0.2) is 4.98 Å². The fraction of sp³-hybridized carbons (Fsp3) is 0.400. The summed E-state index contributed by atoms with van der Waals surface area (Å²) in [5.41, 5.74) is 2.73. The first-order chi connectivity index (χ1) is 13.1. The summed E-state index contributed by atoms with van der Waals surface area (Å²) in [7, 11) is 0. The van der Waals surface area contributed by atoms with Crippen molar-refractivity contribution in [3.63, 3.8) is 0 Å². The highest BCUT2D eigenvalue weighted by Crippen LogP contribution is 2.37. The van der Waals surface area contributed by atoms with E-state index in [2.05, 4.69) is 32.9 Å². The van der Waals surface area contributed by atoms with Crippen molar-refractivity contribution in [3.05, 3.63) is 44.7 Å². The third-order valence-electron chi connectivity index (χ3n) is 5.43. The van der Waals surface area contributed by atoms with Crippen molar-refractivity contribution in [1.29, 1.82) is 0 Å². The van der Waals surface area contributed by atoms with Crippen LogP contribution in [0.15, 0.2) is 24.4 Å². The number of nitrogens with one attached hydrogen (secondary N) is 1. The minimum Gasteiger partial charge on any atom is -0.487 e. The standard InChI is InChI=1S/C20H19IN2O4/c1-10-19(27-17-7-18-23-15(17)9-25-18)14(21)8-22-20(10)26-12-3-4-13-11(6-12)2-5-16(13)24/h3-4,6,8,15,17-18,23H,2,5,7,9H2,1H3. The highest BCUT2D eigenvalue weighted by atomic mass is 127. The number of pyridine rings is 1. The van der Waals surface area contributed by atoms with Crippen LogP contribution in [0.1, 0.15) is 34.3 Å². The van der Waals surface area contributed by atoms with E-state index in [4.69, 9.17) is 14.2 Å². The van der Waals surface area contributed by atoms with Crippen molar-refractivity contribution in [1.82, 2.24) is 10.3 Å². The zero-order chi connectivity index (χ0) is 18.5. The molecule has 2 saturated heterocycles. The van der Waals surface area contributed by atoms with E-state index in [1.54, 1.807) is 6.20 Å². The number of nitrogens with zero attached hydrogens (tertiary/aromatic N) is 1. The predicted octanol–water partition coefficient (Wildman–Crippen LogP) is 3.38. The van der Waals surface area contributed by atoms with Crippen LogP contribution >= 0.6 is 22.6 Å². The van der Waals surface area contributed by atoms with E-state index >= 15 is 0 Å². The molecule has 3 unspecified atom stereocenters. The molecule has 6 nitrogen and oxygen atoms in total. The van der Waals surface area contributed by atoms with Crippen LogP contribution in [0.4, 0.5) is 0 Å². The summed E-state index contributed by atoms with van der Waals surface area (Å²) in [6.07, 6.45) is 4.17. The molecule has 2 aromatic rings. The summed E-state index contributed by atoms with van der Waals surface area (Å²) >= 11 is 2.24. The van der Waals surface area contributed by atoms with Gasteiger partial charge in [-0.05, 0) is 59.7 Å². The highest BCUT2D eigenvalue weighted by molar-refractivity contribution is 14.1. The number of hydrogen-bond donors (Lipinski definition) is 1. The van der Waals surface area contributed by atoms with Crippen LogP contribution in [0, 0.1) is 10.5 Å². The van der Waals surface area contributed by atoms with Crippen molar-refractivity contribution in [2.75, 3.05) is 6.61 Å². The SMILES string of the molecule is Cc1c(Oc2ccc3c(c2)CCC3=O)ncc(I)c1OC1CC2NC1CO2. The molecular weight excluding hydrogens is 459 g/mol. The maximum atomic E-state index is 11.8. The minimum absolute atomic E-state index is 0.0947. The monoisotopic (exact) mass is 478 g/mol. The third kappa shape index (κ3) is 3.11. The predicted molar refractivity (Wildman–Crippen MR) is 107 cm³/mol. The number of carbonyl (C=O) groups excluding carboxylic acids is 1. The van der Waals surface area contributed by atoms with Crippen molar-refractivity contribution in [2.45, 2.75) is 44.6 Å². The summed E-state index contributed by atoms with van der Waals surface area (Å²) in [6.45, 7) is 2.65. The first kappa shape index (κ1) is 17.4. The Morgan fingerprint density at radius 3 is 3.00 bits per heavy atom. The number of Topliss-reactive ketones (excluding diaryl/α,β-unsaturated/α-hetero) is 1. The zero-order valence-corrected chi connectivity index (χ0v) is 17.0. The molecule has 27 heavy (non-hydrogen) atoms. The maximum absolute atomic E-state index is 11.8. The molecule has 0 radical (unpaired) electrons. The molecule has 2 aliphatic heterocycles. The Kier molecular flexibility index (Phi) is 4.33. The minimum atomic E-state index is 0.0947. The average Bonchev–Trinajstić information content (AvgIpc) is 3.37. The van der Waals surface area contributed by atoms with Crippen LogP contribution in [-0.2, 0) is 11.2 Å². The molecule has 2 fully saturated rings. The molecule has 5 rings (SSSR count). The molecule has 3 aliphatic rings. The number of carbonyl (C=O) groups is 1. The second-order valence-corrected chi connectivity index (χ2v) is 8.36. The fourth-order valence-corrected chi connectivity index (χ4v) is 4.63. The van der Waals surface area contributed by atoms with Gasteiger partial charge in [-0.3, -0.25) is 10.1 Å². The second-order valence-electron chi connectivity index (χ2n) is 7.20. The molecule has 1 aromatic heterocycles. The van der Waals surface area contributed by atoms with Gasteiger partial charge in [0.25, 0.3) is 0 Å². The lowest BCUT2D eigenvalue weighted by molar-refractivity contribution is 0.0306. The topological polar surface area (TPSA) is 69.7 Å². The molecule has 2 bridgehead atoms. The maximum Gasteiger partial charge on any atom is 0.225 e. The Hall–Kier alpha value is -1.71. The summed E-state index contributed by atoms with van der Waals surface area (Å²) in [5.74, 6) is 2.25. The number of fused-ring (bicyclic) bond motifs is 3. The van der Waals surface area contributed by atoms with Crippen LogP contribution in [0.5, 0.6) is 17.4 Å². The van der Waals surface area contributed by atoms with E-state index in [-0.39, 0.29) is 24.2 Å². The summed E-state index contributed by atoms with van der Waals surface area (Å²) in [6, 6.07) is 5.85. The number of hydrogen-bond acceptors (Lipinski definition) is 6. The van der Waals surface area contributed by atoms with Crippen LogP contribution in [0.3, 0.4) is 0 Å². The van der Waals surface area contributed by atoms with Gasteiger partial charge in [0, 0.05) is 24.6 Å². The Balaban J connectivity index is 1.39. The number of halogens is 1. The number of rotatable bonds is 4. The molecule has 0 spiro atoms. The normalized spacial score (nSPS) is 25.7. The van der Waals surface area contributed by atoms with E-state index in [0.29, 0.717) is 24.7 Å². The van der Waals surface area contributed by atoms with Gasteiger partial charge in [0.2, 0.25) is 5.88 Å². The van der Waals surface area contributed by atoms with Crippen molar-refractivity contribution >= 4 is 28.4 Å². The van der Waals surface area contributed by atoms with Gasteiger partial charge in [0.15, 0.2) is 5.78 Å². The quantitative estimate of drug-likeness (QED) is 0.680. The van der Waals surface area contributed by atoms with E-state index in [1.807, 2.05) is 25.1 Å². The fourth-order valence-electron chi connectivity index (χ4n) is 3.96. The van der Waals surface area contributed by atoms with Gasteiger partial charge >= 0.3 is 0 Å². The van der Waals surface area contributed by atoms with Crippen molar-refractivity contribution < 1.29 is 19.0 Å². The van der Waals surface area contributed by atoms with Gasteiger partial charge in [0.05, 0.1) is 21.8 Å². The first-order valence-electron chi connectivity index (χ1n) is 9.12. The molecular formula is C20H19IN2O4. The lowest BCUT2D eigenvalue weighted by Crippen LogP contribution is -2.35. The summed E-state index contributed by atoms with van der Waals surface area (Å²) in [5, 5.41) is 3.39. The van der Waals surface area contributed by atoms with Gasteiger partial charge in [-0.1, -0.05) is 0 Å². The molecule has 1 N–H and O–H groups in total. The van der Waals surface area contributed by atoms with E-state index in [9.17, 15) is 4.79 Å². The molecule has 140 valence electrons. The number of ketones is 1. The molecule has 0 amide bonds. The summed E-state index contributed by atoms with van der Waals surface area (Å²) in [4.78, 5) is 16.3. The van der Waals surface area contributed by atoms with Crippen LogP contribution in [0.25, 0.3) is 0 Å². The molecule has 3 heterocycles. The van der Waals surface area contributed by atoms with Crippen molar-refractivity contribution in [2.24, 2.45) is 0 Å². The molecule has 3 atom stereocenters. The van der Waals surface area contributed by atoms with Crippen molar-refractivity contribution in [3.8, 4) is 17.4 Å². The Labute approximate surface area is 170 Å². The second kappa shape index (κ2) is 6.72. The van der Waals surface area contributed by atoms with E-state index in [1.165, 1.54) is 0 Å². The lowest BCUT2D eigenvalue weighted by atomic mass is 10.1. The van der Waals surface area contributed by atoms with E-state index in [0.717, 1.165) is 38.9 Å². The van der Waals surface area contributed by atoms with Gasteiger partial charge in [0.1, 0.15) is 23.8 Å². The largest absolute Gasteiger partial charge is 0.487 e. The summed E-state index contributed by atoms with van der Waals surface area (Å²) < 4.78 is 18.9. The van der Waals surface area contributed by atoms with Gasteiger partial charge in [-0.2, -0.15) is 0 Å². The van der Waals surface area contributed by atoms with Crippen LogP contribution < -0.4 is 14.8 Å². The molecule has 0 saturated carbocycles. The highest BCUT2D eigenvalue weighted by Gasteiger charge is 2.42. The molecule has 1 aliphatic carbocycles. The average molecular weight is 478 g/mol. The lowest BCUT2D eigenvalue weighted by Gasteiger charge is -2.24. The van der Waals surface area contributed by atoms with Crippen LogP contribution in [-0.4, -0.2) is 35.7 Å². The zero-order valence-electron chi connectivity index (χ0n) is 14.8. The van der Waals surface area contributed by atoms with E-state index < -0.39 is 0 Å².